The van der Waals surface area contributed by atoms with E-state index in [1.165, 1.54) is 0 Å². The number of hydrogen-bond acceptors (Lipinski definition) is 2. The summed E-state index contributed by atoms with van der Waals surface area (Å²) < 4.78 is 0. The molecule has 0 aliphatic rings. The van der Waals surface area contributed by atoms with Crippen molar-refractivity contribution in [3.05, 3.63) is 54.2 Å². The van der Waals surface area contributed by atoms with Crippen LogP contribution in [0.15, 0.2) is 48.7 Å². The number of pyridine rings is 1. The lowest BCUT2D eigenvalue weighted by atomic mass is 10.1. The van der Waals surface area contributed by atoms with Crippen LogP contribution in [-0.4, -0.2) is 10.1 Å². The van der Waals surface area contributed by atoms with Gasteiger partial charge in [0.05, 0.1) is 11.8 Å². The van der Waals surface area contributed by atoms with Crippen LogP contribution in [0.1, 0.15) is 25.0 Å². The fraction of sp³-hybridized carbons (Fsp3) is 0.214. The summed E-state index contributed by atoms with van der Waals surface area (Å²) in [4.78, 5) is 4.36. The second kappa shape index (κ2) is 4.90. The fourth-order valence-electron chi connectivity index (χ4n) is 1.62. The summed E-state index contributed by atoms with van der Waals surface area (Å²) in [7, 11) is 0. The van der Waals surface area contributed by atoms with E-state index in [4.69, 9.17) is 0 Å². The minimum absolute atomic E-state index is 0.405. The zero-order valence-electron chi connectivity index (χ0n) is 9.30. The minimum Gasteiger partial charge on any atom is -0.388 e. The van der Waals surface area contributed by atoms with Gasteiger partial charge in [0.2, 0.25) is 0 Å². The number of aromatic nitrogens is 1. The van der Waals surface area contributed by atoms with E-state index in [-0.39, 0.29) is 0 Å². The van der Waals surface area contributed by atoms with Crippen LogP contribution >= 0.6 is 0 Å². The van der Waals surface area contributed by atoms with Crippen molar-refractivity contribution in [3.8, 4) is 11.3 Å². The van der Waals surface area contributed by atoms with E-state index in [9.17, 15) is 5.11 Å². The molecular weight excluding hydrogens is 198 g/mol. The summed E-state index contributed by atoms with van der Waals surface area (Å²) in [5.41, 5.74) is 2.91. The Morgan fingerprint density at radius 1 is 1.12 bits per heavy atom. The van der Waals surface area contributed by atoms with E-state index < -0.39 is 6.10 Å². The molecule has 0 radical (unpaired) electrons. The molecule has 0 aliphatic heterocycles. The van der Waals surface area contributed by atoms with Gasteiger partial charge in [0, 0.05) is 11.8 Å². The lowest BCUT2D eigenvalue weighted by Gasteiger charge is -2.08. The van der Waals surface area contributed by atoms with Crippen molar-refractivity contribution in [3.63, 3.8) is 0 Å². The third kappa shape index (κ3) is 2.28. The van der Waals surface area contributed by atoms with E-state index in [0.29, 0.717) is 6.42 Å². The van der Waals surface area contributed by atoms with Gasteiger partial charge in [0.1, 0.15) is 0 Å². The summed E-state index contributed by atoms with van der Waals surface area (Å²) in [6.07, 6.45) is 2.06. The molecule has 0 saturated carbocycles. The second-order valence-corrected chi connectivity index (χ2v) is 3.77. The van der Waals surface area contributed by atoms with Crippen molar-refractivity contribution in [2.45, 2.75) is 19.4 Å². The van der Waals surface area contributed by atoms with E-state index in [2.05, 4.69) is 4.98 Å². The Morgan fingerprint density at radius 2 is 1.88 bits per heavy atom. The van der Waals surface area contributed by atoms with Crippen molar-refractivity contribution in [2.75, 3.05) is 0 Å². The van der Waals surface area contributed by atoms with Crippen LogP contribution in [0.25, 0.3) is 11.3 Å². The van der Waals surface area contributed by atoms with Gasteiger partial charge in [-0.25, -0.2) is 0 Å². The Morgan fingerprint density at radius 3 is 2.44 bits per heavy atom. The molecule has 0 fully saturated rings. The molecule has 1 aromatic carbocycles. The molecule has 1 aromatic heterocycles. The Kier molecular flexibility index (Phi) is 3.32. The summed E-state index contributed by atoms with van der Waals surface area (Å²) in [6.45, 7) is 1.95. The summed E-state index contributed by atoms with van der Waals surface area (Å²) in [5, 5.41) is 9.65. The molecule has 2 aromatic rings. The smallest absolute Gasteiger partial charge is 0.0802 e. The maximum atomic E-state index is 9.65. The van der Waals surface area contributed by atoms with E-state index in [1.54, 1.807) is 6.20 Å². The standard InChI is InChI=1S/C14H15NO/c1-2-14(16)12-8-9-13(15-10-12)11-6-4-3-5-7-11/h3-10,14,16H,2H2,1H3. The average Bonchev–Trinajstić information content (AvgIpc) is 2.39. The molecule has 0 amide bonds. The van der Waals surface area contributed by atoms with Gasteiger partial charge in [-0.1, -0.05) is 43.3 Å². The summed E-state index contributed by atoms with van der Waals surface area (Å²) >= 11 is 0. The summed E-state index contributed by atoms with van der Waals surface area (Å²) in [5.74, 6) is 0. The van der Waals surface area contributed by atoms with E-state index >= 15 is 0 Å². The van der Waals surface area contributed by atoms with E-state index in [1.807, 2.05) is 49.4 Å². The largest absolute Gasteiger partial charge is 0.388 e. The van der Waals surface area contributed by atoms with Crippen molar-refractivity contribution in [2.24, 2.45) is 0 Å². The molecule has 82 valence electrons. The third-order valence-electron chi connectivity index (χ3n) is 2.63. The fourth-order valence-corrected chi connectivity index (χ4v) is 1.62. The van der Waals surface area contributed by atoms with Crippen LogP contribution in [0, 0.1) is 0 Å². The van der Waals surface area contributed by atoms with Gasteiger partial charge in [-0.3, -0.25) is 4.98 Å². The van der Waals surface area contributed by atoms with Crippen molar-refractivity contribution in [1.29, 1.82) is 0 Å². The topological polar surface area (TPSA) is 33.1 Å². The molecule has 1 unspecified atom stereocenters. The number of nitrogens with zero attached hydrogens (tertiary/aromatic N) is 1. The lowest BCUT2D eigenvalue weighted by molar-refractivity contribution is 0.173. The Hall–Kier alpha value is -1.67. The van der Waals surface area contributed by atoms with Crippen LogP contribution in [0.4, 0.5) is 0 Å². The molecule has 1 atom stereocenters. The highest BCUT2D eigenvalue weighted by Crippen LogP contribution is 2.20. The third-order valence-corrected chi connectivity index (χ3v) is 2.63. The zero-order chi connectivity index (χ0) is 11.4. The minimum atomic E-state index is -0.405. The SMILES string of the molecule is CCC(O)c1ccc(-c2ccccc2)nc1. The van der Waals surface area contributed by atoms with Gasteiger partial charge >= 0.3 is 0 Å². The number of aliphatic hydroxyl groups is 1. The first-order valence-corrected chi connectivity index (χ1v) is 5.50. The van der Waals surface area contributed by atoms with Gasteiger partial charge in [-0.05, 0) is 18.1 Å². The second-order valence-electron chi connectivity index (χ2n) is 3.77. The maximum absolute atomic E-state index is 9.65. The molecule has 16 heavy (non-hydrogen) atoms. The van der Waals surface area contributed by atoms with Gasteiger partial charge in [0.15, 0.2) is 0 Å². The van der Waals surface area contributed by atoms with Crippen LogP contribution < -0.4 is 0 Å². The number of benzene rings is 1. The first-order chi connectivity index (χ1) is 7.81. The molecular formula is C14H15NO. The highest BCUT2D eigenvalue weighted by molar-refractivity contribution is 5.58. The number of rotatable bonds is 3. The average molecular weight is 213 g/mol. The van der Waals surface area contributed by atoms with Gasteiger partial charge in [0.25, 0.3) is 0 Å². The molecule has 2 nitrogen and oxygen atoms in total. The van der Waals surface area contributed by atoms with Gasteiger partial charge in [-0.15, -0.1) is 0 Å². The highest BCUT2D eigenvalue weighted by atomic mass is 16.3. The van der Waals surface area contributed by atoms with Crippen LogP contribution in [0.5, 0.6) is 0 Å². The summed E-state index contributed by atoms with van der Waals surface area (Å²) in [6, 6.07) is 13.9. The first-order valence-electron chi connectivity index (χ1n) is 5.50. The van der Waals surface area contributed by atoms with Crippen LogP contribution in [0.3, 0.4) is 0 Å². The molecule has 0 aliphatic carbocycles. The zero-order valence-corrected chi connectivity index (χ0v) is 9.30. The molecule has 0 spiro atoms. The van der Waals surface area contributed by atoms with Crippen LogP contribution in [0.2, 0.25) is 0 Å². The highest BCUT2D eigenvalue weighted by Gasteiger charge is 2.05. The Balaban J connectivity index is 2.26. The predicted octanol–water partition coefficient (Wildman–Crippen LogP) is 3.19. The molecule has 1 heterocycles. The van der Waals surface area contributed by atoms with Crippen molar-refractivity contribution >= 4 is 0 Å². The van der Waals surface area contributed by atoms with Crippen molar-refractivity contribution < 1.29 is 5.11 Å². The first kappa shape index (κ1) is 10.8. The van der Waals surface area contributed by atoms with Crippen molar-refractivity contribution in [1.82, 2.24) is 4.98 Å². The van der Waals surface area contributed by atoms with E-state index in [0.717, 1.165) is 16.8 Å². The molecule has 0 saturated heterocycles. The molecule has 2 heteroatoms. The normalized spacial score (nSPS) is 12.4. The number of aliphatic hydroxyl groups excluding tert-OH is 1. The Labute approximate surface area is 95.6 Å². The molecule has 1 N–H and O–H groups in total. The molecule has 2 rings (SSSR count). The van der Waals surface area contributed by atoms with Gasteiger partial charge < -0.3 is 5.11 Å². The van der Waals surface area contributed by atoms with Crippen LogP contribution in [-0.2, 0) is 0 Å². The quantitative estimate of drug-likeness (QED) is 0.849. The Bertz CT molecular complexity index is 436. The number of hydrogen-bond donors (Lipinski definition) is 1. The molecule has 0 bridgehead atoms. The predicted molar refractivity (Wildman–Crippen MR) is 64.9 cm³/mol. The monoisotopic (exact) mass is 213 g/mol. The lowest BCUT2D eigenvalue weighted by Crippen LogP contribution is -1.96. The maximum Gasteiger partial charge on any atom is 0.0802 e. The van der Waals surface area contributed by atoms with Gasteiger partial charge in [-0.2, -0.15) is 0 Å².